The van der Waals surface area contributed by atoms with Gasteiger partial charge in [0.05, 0.1) is 0 Å². The number of unbranched alkanes of at least 4 members (excludes halogenated alkanes) is 1. The van der Waals surface area contributed by atoms with Gasteiger partial charge in [0.2, 0.25) is 0 Å². The molecule has 0 rings (SSSR count). The molecule has 0 aliphatic rings. The highest BCUT2D eigenvalue weighted by Crippen LogP contribution is 2.05. The Hall–Kier alpha value is -0.110. The van der Waals surface area contributed by atoms with E-state index in [1.54, 1.807) is 0 Å². The van der Waals surface area contributed by atoms with E-state index in [0.29, 0.717) is 0 Å². The molecule has 0 amide bonds. The molecular weight excluding hydrogens is 117 g/mol. The lowest BCUT2D eigenvalue weighted by Gasteiger charge is -2.13. The molecule has 0 radical (unpaired) electrons. The summed E-state index contributed by atoms with van der Waals surface area (Å²) >= 11 is 0. The monoisotopic (exact) mass is 133 g/mol. The van der Waals surface area contributed by atoms with E-state index in [4.69, 9.17) is 0 Å². The summed E-state index contributed by atoms with van der Waals surface area (Å²) in [5, 5.41) is 0.773. The van der Waals surface area contributed by atoms with Gasteiger partial charge in [-0.05, 0) is 13.3 Å². The largest absolute Gasteiger partial charge is 0.147 e. The molecule has 0 bridgehead atoms. The Labute approximate surface area is 56.8 Å². The molecule has 0 fully saturated rings. The smallest absolute Gasteiger partial charge is 0.0371 e. The summed E-state index contributed by atoms with van der Waals surface area (Å²) in [5.41, 5.74) is 0. The molecule has 2 heteroatoms. The van der Waals surface area contributed by atoms with E-state index in [2.05, 4.69) is 6.92 Å². The molecule has 0 N–H and O–H groups in total. The number of halogens is 1. The Morgan fingerprint density at radius 1 is 1.56 bits per heavy atom. The summed E-state index contributed by atoms with van der Waals surface area (Å²) in [7, 11) is 1.47. The molecular formula is C7H16FN. The van der Waals surface area contributed by atoms with Crippen molar-refractivity contribution in [2.75, 3.05) is 7.05 Å². The number of nitrogens with zero attached hydrogens (tertiary/aromatic N) is 1. The fourth-order valence-electron chi connectivity index (χ4n) is 0.677. The third-order valence-corrected chi connectivity index (χ3v) is 1.58. The van der Waals surface area contributed by atoms with Gasteiger partial charge in [-0.3, -0.25) is 0 Å². The van der Waals surface area contributed by atoms with Crippen molar-refractivity contribution in [1.82, 2.24) is 5.12 Å². The molecule has 1 unspecified atom stereocenters. The first-order valence-corrected chi connectivity index (χ1v) is 3.57. The maximum absolute atomic E-state index is 12.3. The second-order valence-corrected chi connectivity index (χ2v) is 2.52. The molecule has 0 saturated heterocycles. The Bertz CT molecular complexity index is 63.9. The minimum Gasteiger partial charge on any atom is -0.147 e. The SMILES string of the molecule is CCCCC(C)N(C)F. The quantitative estimate of drug-likeness (QED) is 0.532. The van der Waals surface area contributed by atoms with E-state index < -0.39 is 0 Å². The van der Waals surface area contributed by atoms with Crippen LogP contribution in [0.25, 0.3) is 0 Å². The number of hydrogen-bond donors (Lipinski definition) is 0. The lowest BCUT2D eigenvalue weighted by Crippen LogP contribution is -2.20. The fraction of sp³-hybridized carbons (Fsp3) is 1.00. The van der Waals surface area contributed by atoms with Gasteiger partial charge in [-0.25, -0.2) is 0 Å². The van der Waals surface area contributed by atoms with E-state index in [-0.39, 0.29) is 6.04 Å². The second-order valence-electron chi connectivity index (χ2n) is 2.52. The average molecular weight is 133 g/mol. The van der Waals surface area contributed by atoms with Gasteiger partial charge in [0.25, 0.3) is 0 Å². The van der Waals surface area contributed by atoms with E-state index in [9.17, 15) is 4.48 Å². The van der Waals surface area contributed by atoms with Crippen molar-refractivity contribution in [2.45, 2.75) is 39.2 Å². The highest BCUT2D eigenvalue weighted by atomic mass is 19.2. The van der Waals surface area contributed by atoms with Crippen LogP contribution in [0.5, 0.6) is 0 Å². The minimum absolute atomic E-state index is 0.0879. The molecule has 0 aromatic carbocycles. The third kappa shape index (κ3) is 4.40. The van der Waals surface area contributed by atoms with Crippen molar-refractivity contribution >= 4 is 0 Å². The minimum atomic E-state index is 0.0879. The Morgan fingerprint density at radius 2 is 2.11 bits per heavy atom. The Morgan fingerprint density at radius 3 is 2.44 bits per heavy atom. The normalized spacial score (nSPS) is 14.3. The van der Waals surface area contributed by atoms with E-state index >= 15 is 0 Å². The lowest BCUT2D eigenvalue weighted by molar-refractivity contribution is 0.0125. The van der Waals surface area contributed by atoms with Crippen molar-refractivity contribution in [2.24, 2.45) is 0 Å². The van der Waals surface area contributed by atoms with Gasteiger partial charge in [0.1, 0.15) is 0 Å². The van der Waals surface area contributed by atoms with Crippen LogP contribution in [0.1, 0.15) is 33.1 Å². The van der Waals surface area contributed by atoms with Crippen molar-refractivity contribution < 1.29 is 4.48 Å². The van der Waals surface area contributed by atoms with E-state index in [0.717, 1.165) is 24.4 Å². The van der Waals surface area contributed by atoms with Gasteiger partial charge in [0, 0.05) is 13.1 Å². The van der Waals surface area contributed by atoms with Crippen LogP contribution >= 0.6 is 0 Å². The van der Waals surface area contributed by atoms with Crippen LogP contribution in [0.15, 0.2) is 0 Å². The van der Waals surface area contributed by atoms with Crippen LogP contribution in [0.2, 0.25) is 0 Å². The van der Waals surface area contributed by atoms with Crippen molar-refractivity contribution in [3.05, 3.63) is 0 Å². The van der Waals surface area contributed by atoms with Crippen molar-refractivity contribution in [3.8, 4) is 0 Å². The molecule has 9 heavy (non-hydrogen) atoms. The van der Waals surface area contributed by atoms with E-state index in [1.165, 1.54) is 7.05 Å². The predicted molar refractivity (Wildman–Crippen MR) is 37.9 cm³/mol. The standard InChI is InChI=1S/C7H16FN/c1-4-5-6-7(2)9(3)8/h7H,4-6H2,1-3H3. The molecule has 0 spiro atoms. The van der Waals surface area contributed by atoms with Crippen LogP contribution in [0, 0.1) is 0 Å². The summed E-state index contributed by atoms with van der Waals surface area (Å²) in [6.07, 6.45) is 3.23. The van der Waals surface area contributed by atoms with Gasteiger partial charge in [-0.15, -0.1) is 9.60 Å². The number of hydrogen-bond acceptors (Lipinski definition) is 1. The molecule has 0 heterocycles. The predicted octanol–water partition coefficient (Wildman–Crippen LogP) is 2.38. The second kappa shape index (κ2) is 4.74. The number of rotatable bonds is 4. The first-order chi connectivity index (χ1) is 4.18. The van der Waals surface area contributed by atoms with Gasteiger partial charge in [-0.1, -0.05) is 19.8 Å². The summed E-state index contributed by atoms with van der Waals surface area (Å²) in [6, 6.07) is 0.0879. The molecule has 1 atom stereocenters. The molecule has 56 valence electrons. The van der Waals surface area contributed by atoms with Gasteiger partial charge in [-0.2, -0.15) is 0 Å². The van der Waals surface area contributed by atoms with Crippen LogP contribution < -0.4 is 0 Å². The van der Waals surface area contributed by atoms with Crippen LogP contribution in [-0.4, -0.2) is 18.2 Å². The van der Waals surface area contributed by atoms with E-state index in [1.807, 2.05) is 6.92 Å². The first-order valence-electron chi connectivity index (χ1n) is 3.57. The zero-order valence-corrected chi connectivity index (χ0v) is 6.52. The lowest BCUT2D eigenvalue weighted by atomic mass is 10.1. The van der Waals surface area contributed by atoms with Crippen molar-refractivity contribution in [3.63, 3.8) is 0 Å². The van der Waals surface area contributed by atoms with Crippen molar-refractivity contribution in [1.29, 1.82) is 0 Å². The zero-order valence-electron chi connectivity index (χ0n) is 6.52. The summed E-state index contributed by atoms with van der Waals surface area (Å²) in [6.45, 7) is 4.01. The molecule has 0 aliphatic carbocycles. The Balaban J connectivity index is 3.16. The third-order valence-electron chi connectivity index (χ3n) is 1.58. The fourth-order valence-corrected chi connectivity index (χ4v) is 0.677. The molecule has 0 aromatic rings. The summed E-state index contributed by atoms with van der Waals surface area (Å²) in [4.78, 5) is 0. The zero-order chi connectivity index (χ0) is 7.28. The maximum atomic E-state index is 12.3. The average Bonchev–Trinajstić information content (AvgIpc) is 1.82. The molecule has 1 nitrogen and oxygen atoms in total. The first kappa shape index (κ1) is 8.89. The topological polar surface area (TPSA) is 3.24 Å². The van der Waals surface area contributed by atoms with Crippen LogP contribution in [-0.2, 0) is 0 Å². The Kier molecular flexibility index (Phi) is 4.68. The molecule has 0 saturated carbocycles. The summed E-state index contributed by atoms with van der Waals surface area (Å²) < 4.78 is 12.3. The van der Waals surface area contributed by atoms with Crippen LogP contribution in [0.3, 0.4) is 0 Å². The summed E-state index contributed by atoms with van der Waals surface area (Å²) in [5.74, 6) is 0. The maximum Gasteiger partial charge on any atom is 0.0371 e. The van der Waals surface area contributed by atoms with Gasteiger partial charge >= 0.3 is 0 Å². The highest BCUT2D eigenvalue weighted by molar-refractivity contribution is 4.54. The highest BCUT2D eigenvalue weighted by Gasteiger charge is 2.05. The van der Waals surface area contributed by atoms with Gasteiger partial charge < -0.3 is 0 Å². The van der Waals surface area contributed by atoms with Gasteiger partial charge in [0.15, 0.2) is 0 Å². The molecule has 0 aliphatic heterocycles. The van der Waals surface area contributed by atoms with Crippen LogP contribution in [0.4, 0.5) is 4.48 Å². The molecule has 0 aromatic heterocycles.